The van der Waals surface area contributed by atoms with Crippen LogP contribution in [0.15, 0.2) is 83.5 Å². The first-order chi connectivity index (χ1) is 19.0. The maximum atomic E-state index is 13.2. The molecule has 0 saturated heterocycles. The minimum absolute atomic E-state index is 0.0749. The second-order valence-electron chi connectivity index (χ2n) is 9.46. The van der Waals surface area contributed by atoms with Crippen LogP contribution in [0.1, 0.15) is 48.4 Å². The van der Waals surface area contributed by atoms with E-state index in [4.69, 9.17) is 21.1 Å². The van der Waals surface area contributed by atoms with Gasteiger partial charge in [-0.05, 0) is 82.3 Å². The maximum Gasteiger partial charge on any atom is 0.338 e. The number of rotatable bonds is 9. The van der Waals surface area contributed by atoms with Crippen LogP contribution in [0, 0.1) is 0 Å². The Morgan fingerprint density at radius 1 is 0.825 bits per heavy atom. The number of hydrogen-bond acceptors (Lipinski definition) is 7. The van der Waals surface area contributed by atoms with E-state index in [-0.39, 0.29) is 34.2 Å². The molecule has 0 atom stereocenters. The van der Waals surface area contributed by atoms with Crippen LogP contribution >= 0.6 is 11.6 Å². The highest BCUT2D eigenvalue weighted by atomic mass is 35.5. The molecule has 2 N–H and O–H groups in total. The van der Waals surface area contributed by atoms with Crippen molar-refractivity contribution in [2.45, 2.75) is 39.9 Å². The first-order valence-corrected chi connectivity index (χ1v) is 13.0. The highest BCUT2D eigenvalue weighted by molar-refractivity contribution is 6.53. The maximum absolute atomic E-state index is 13.2. The number of nitrogens with zero attached hydrogens (tertiary/aromatic N) is 1. The van der Waals surface area contributed by atoms with E-state index in [1.54, 1.807) is 50.2 Å². The summed E-state index contributed by atoms with van der Waals surface area (Å²) in [6, 6.07) is 19.4. The van der Waals surface area contributed by atoms with Gasteiger partial charge < -0.3 is 20.1 Å². The van der Waals surface area contributed by atoms with E-state index in [0.29, 0.717) is 22.7 Å². The summed E-state index contributed by atoms with van der Waals surface area (Å²) in [5.41, 5.74) is 1.58. The van der Waals surface area contributed by atoms with Crippen molar-refractivity contribution in [3.8, 4) is 5.75 Å². The monoisotopic (exact) mass is 561 g/mol. The fourth-order valence-electron chi connectivity index (χ4n) is 3.88. The van der Waals surface area contributed by atoms with E-state index >= 15 is 0 Å². The van der Waals surface area contributed by atoms with Crippen molar-refractivity contribution in [3.05, 3.63) is 94.7 Å². The number of nitrogens with one attached hydrogen (secondary N) is 2. The number of anilines is 3. The molecule has 0 unspecified atom stereocenters. The molecule has 3 amide bonds. The molecule has 1 aliphatic heterocycles. The predicted octanol–water partition coefficient (Wildman–Crippen LogP) is 5.73. The molecule has 3 aromatic carbocycles. The molecule has 0 aromatic heterocycles. The van der Waals surface area contributed by atoms with E-state index in [1.165, 1.54) is 30.3 Å². The Balaban J connectivity index is 1.49. The molecule has 206 valence electrons. The molecule has 40 heavy (non-hydrogen) atoms. The van der Waals surface area contributed by atoms with Gasteiger partial charge in [-0.2, -0.15) is 0 Å². The number of hydrogen-bond donors (Lipinski definition) is 2. The van der Waals surface area contributed by atoms with Gasteiger partial charge in [0, 0.05) is 11.3 Å². The Morgan fingerprint density at radius 3 is 2.20 bits per heavy atom. The van der Waals surface area contributed by atoms with Crippen LogP contribution in [0.25, 0.3) is 0 Å². The quantitative estimate of drug-likeness (QED) is 0.253. The van der Waals surface area contributed by atoms with E-state index < -0.39 is 23.7 Å². The third kappa shape index (κ3) is 6.32. The second kappa shape index (κ2) is 12.0. The van der Waals surface area contributed by atoms with Crippen molar-refractivity contribution in [1.29, 1.82) is 0 Å². The van der Waals surface area contributed by atoms with Crippen molar-refractivity contribution in [1.82, 2.24) is 0 Å². The number of amides is 3. The Morgan fingerprint density at radius 2 is 1.52 bits per heavy atom. The van der Waals surface area contributed by atoms with Crippen molar-refractivity contribution in [3.63, 3.8) is 0 Å². The van der Waals surface area contributed by atoms with Crippen molar-refractivity contribution in [2.24, 2.45) is 0 Å². The first kappa shape index (κ1) is 28.4. The average molecular weight is 562 g/mol. The number of esters is 1. The summed E-state index contributed by atoms with van der Waals surface area (Å²) in [6.07, 6.45) is -0.362. The normalized spacial score (nSPS) is 13.2. The van der Waals surface area contributed by atoms with Gasteiger partial charge in [0.2, 0.25) is 0 Å². The number of ether oxygens (including phenoxy) is 2. The summed E-state index contributed by atoms with van der Waals surface area (Å²) < 4.78 is 10.9. The summed E-state index contributed by atoms with van der Waals surface area (Å²) in [6.45, 7) is 7.26. The Hall–Kier alpha value is -4.63. The number of benzene rings is 3. The fraction of sp³-hybridized carbons (Fsp3) is 0.200. The molecule has 10 heteroatoms. The Bertz CT molecular complexity index is 1500. The highest BCUT2D eigenvalue weighted by Gasteiger charge is 2.39. The van der Waals surface area contributed by atoms with Crippen LogP contribution in [0.5, 0.6) is 5.75 Å². The fourth-order valence-corrected chi connectivity index (χ4v) is 4.09. The molecule has 0 saturated carbocycles. The molecule has 0 bridgehead atoms. The first-order valence-electron chi connectivity index (χ1n) is 12.6. The lowest BCUT2D eigenvalue weighted by molar-refractivity contribution is -0.120. The Kier molecular flexibility index (Phi) is 8.55. The van der Waals surface area contributed by atoms with Gasteiger partial charge in [-0.25, -0.2) is 9.69 Å². The van der Waals surface area contributed by atoms with E-state index in [9.17, 15) is 19.2 Å². The van der Waals surface area contributed by atoms with Crippen LogP contribution in [-0.4, -0.2) is 35.9 Å². The summed E-state index contributed by atoms with van der Waals surface area (Å²) in [4.78, 5) is 52.1. The van der Waals surface area contributed by atoms with Crippen molar-refractivity contribution >= 4 is 52.4 Å². The van der Waals surface area contributed by atoms with E-state index in [2.05, 4.69) is 10.6 Å². The lowest BCUT2D eigenvalue weighted by Gasteiger charge is -2.16. The van der Waals surface area contributed by atoms with E-state index in [0.717, 1.165) is 4.90 Å². The zero-order chi connectivity index (χ0) is 29.0. The molecule has 0 fully saturated rings. The van der Waals surface area contributed by atoms with Gasteiger partial charge in [0.25, 0.3) is 17.7 Å². The lowest BCUT2D eigenvalue weighted by atomic mass is 10.1. The third-order valence-corrected chi connectivity index (χ3v) is 5.97. The molecule has 0 spiro atoms. The standard InChI is InChI=1S/C30H28ClN3O6/c1-17(2)39-24-11-6-5-10-23(24)33-27(35)20-8-7-9-21(16-20)32-26-25(31)28(36)34(29(26)37)22-14-12-19(13-15-22)30(38)40-18(3)4/h5-18,32H,1-4H3,(H,33,35). The van der Waals surface area contributed by atoms with Crippen LogP contribution < -0.4 is 20.3 Å². The molecule has 3 aromatic rings. The third-order valence-electron chi connectivity index (χ3n) is 5.62. The summed E-state index contributed by atoms with van der Waals surface area (Å²) in [5, 5.41) is 5.41. The number of imide groups is 1. The molecule has 0 radical (unpaired) electrons. The van der Waals surface area contributed by atoms with Crippen molar-refractivity contribution < 1.29 is 28.7 Å². The summed E-state index contributed by atoms with van der Waals surface area (Å²) in [7, 11) is 0. The largest absolute Gasteiger partial charge is 0.489 e. The van der Waals surface area contributed by atoms with Gasteiger partial charge in [0.15, 0.2) is 0 Å². The smallest absolute Gasteiger partial charge is 0.338 e. The molecular formula is C30H28ClN3O6. The zero-order valence-corrected chi connectivity index (χ0v) is 23.1. The molecule has 9 nitrogen and oxygen atoms in total. The summed E-state index contributed by atoms with van der Waals surface area (Å²) in [5.74, 6) is -1.77. The second-order valence-corrected chi connectivity index (χ2v) is 9.84. The van der Waals surface area contributed by atoms with Gasteiger partial charge >= 0.3 is 5.97 Å². The number of carbonyl (C=O) groups is 4. The zero-order valence-electron chi connectivity index (χ0n) is 22.4. The Labute approximate surface area is 236 Å². The minimum atomic E-state index is -0.720. The van der Waals surface area contributed by atoms with Crippen LogP contribution in [-0.2, 0) is 14.3 Å². The summed E-state index contributed by atoms with van der Waals surface area (Å²) >= 11 is 6.26. The van der Waals surface area contributed by atoms with Crippen LogP contribution in [0.3, 0.4) is 0 Å². The van der Waals surface area contributed by atoms with Gasteiger partial charge in [-0.15, -0.1) is 0 Å². The minimum Gasteiger partial charge on any atom is -0.489 e. The molecule has 1 heterocycles. The molecule has 1 aliphatic rings. The molecule has 0 aliphatic carbocycles. The highest BCUT2D eigenvalue weighted by Crippen LogP contribution is 2.31. The van der Waals surface area contributed by atoms with Gasteiger partial charge in [-0.1, -0.05) is 29.8 Å². The van der Waals surface area contributed by atoms with Crippen LogP contribution in [0.2, 0.25) is 0 Å². The van der Waals surface area contributed by atoms with Gasteiger partial charge in [0.1, 0.15) is 16.5 Å². The molecule has 4 rings (SSSR count). The number of carbonyl (C=O) groups excluding carboxylic acids is 4. The predicted molar refractivity (Wildman–Crippen MR) is 153 cm³/mol. The van der Waals surface area contributed by atoms with Crippen molar-refractivity contribution in [2.75, 3.05) is 15.5 Å². The van der Waals surface area contributed by atoms with Gasteiger partial charge in [-0.3, -0.25) is 14.4 Å². The topological polar surface area (TPSA) is 114 Å². The number of halogens is 1. The van der Waals surface area contributed by atoms with E-state index in [1.807, 2.05) is 19.9 Å². The SMILES string of the molecule is CC(C)OC(=O)c1ccc(N2C(=O)C(Cl)=C(Nc3cccc(C(=O)Nc4ccccc4OC(C)C)c3)C2=O)cc1. The number of para-hydroxylation sites is 2. The van der Waals surface area contributed by atoms with Crippen LogP contribution in [0.4, 0.5) is 17.1 Å². The lowest BCUT2D eigenvalue weighted by Crippen LogP contribution is -2.32. The average Bonchev–Trinajstić information content (AvgIpc) is 3.12. The molecular weight excluding hydrogens is 534 g/mol. The van der Waals surface area contributed by atoms with Gasteiger partial charge in [0.05, 0.1) is 29.1 Å².